The predicted molar refractivity (Wildman–Crippen MR) is 48.3 cm³/mol. The van der Waals surface area contributed by atoms with Crippen molar-refractivity contribution >= 4 is 0 Å². The van der Waals surface area contributed by atoms with E-state index in [1.54, 1.807) is 12.1 Å². The highest BCUT2D eigenvalue weighted by molar-refractivity contribution is 5.29. The summed E-state index contributed by atoms with van der Waals surface area (Å²) in [6, 6.07) is 7.53. The lowest BCUT2D eigenvalue weighted by molar-refractivity contribution is 0.475. The second kappa shape index (κ2) is 3.15. The van der Waals surface area contributed by atoms with Crippen molar-refractivity contribution in [3.05, 3.63) is 29.8 Å². The highest BCUT2D eigenvalue weighted by Crippen LogP contribution is 2.23. The Morgan fingerprint density at radius 2 is 2.00 bits per heavy atom. The molecule has 0 aromatic heterocycles. The summed E-state index contributed by atoms with van der Waals surface area (Å²) in [6.07, 6.45) is 1.21. The van der Waals surface area contributed by atoms with Crippen LogP contribution in [0.1, 0.15) is 17.9 Å². The number of nitrogens with one attached hydrogen (secondary N) is 1. The number of phenols is 1. The van der Waals surface area contributed by atoms with E-state index in [2.05, 4.69) is 5.32 Å². The molecule has 0 unspecified atom stereocenters. The van der Waals surface area contributed by atoms with E-state index in [0.29, 0.717) is 11.7 Å². The van der Waals surface area contributed by atoms with Crippen LogP contribution < -0.4 is 5.32 Å². The van der Waals surface area contributed by atoms with E-state index in [1.807, 2.05) is 12.1 Å². The van der Waals surface area contributed by atoms with Gasteiger partial charge in [-0.15, -0.1) is 0 Å². The number of hydrogen-bond donors (Lipinski definition) is 2. The lowest BCUT2D eigenvalue weighted by atomic mass is 9.99. The second-order valence-electron chi connectivity index (χ2n) is 3.28. The van der Waals surface area contributed by atoms with Gasteiger partial charge >= 0.3 is 0 Å². The molecule has 1 aromatic rings. The van der Waals surface area contributed by atoms with Gasteiger partial charge in [0.05, 0.1) is 0 Å². The molecule has 1 aliphatic rings. The van der Waals surface area contributed by atoms with Gasteiger partial charge in [-0.1, -0.05) is 12.1 Å². The van der Waals surface area contributed by atoms with E-state index in [9.17, 15) is 0 Å². The van der Waals surface area contributed by atoms with Gasteiger partial charge in [0.2, 0.25) is 0 Å². The van der Waals surface area contributed by atoms with Crippen LogP contribution in [0.2, 0.25) is 0 Å². The summed E-state index contributed by atoms with van der Waals surface area (Å²) in [6.45, 7) is 2.19. The van der Waals surface area contributed by atoms with E-state index in [-0.39, 0.29) is 0 Å². The van der Waals surface area contributed by atoms with Crippen molar-refractivity contribution in [3.8, 4) is 5.75 Å². The Morgan fingerprint density at radius 3 is 2.58 bits per heavy atom. The van der Waals surface area contributed by atoms with Crippen molar-refractivity contribution in [3.63, 3.8) is 0 Å². The first-order chi connectivity index (χ1) is 5.86. The van der Waals surface area contributed by atoms with E-state index in [4.69, 9.17) is 5.11 Å². The zero-order valence-electron chi connectivity index (χ0n) is 6.96. The third kappa shape index (κ3) is 1.43. The lowest BCUT2D eigenvalue weighted by Gasteiger charge is -2.07. The average molecular weight is 163 g/mol. The fourth-order valence-electron chi connectivity index (χ4n) is 1.69. The summed E-state index contributed by atoms with van der Waals surface area (Å²) in [5.41, 5.74) is 1.33. The maximum Gasteiger partial charge on any atom is 0.115 e. The summed E-state index contributed by atoms with van der Waals surface area (Å²) in [5, 5.41) is 12.4. The van der Waals surface area contributed by atoms with E-state index >= 15 is 0 Å². The Balaban J connectivity index is 2.17. The zero-order valence-corrected chi connectivity index (χ0v) is 6.96. The molecule has 0 aliphatic carbocycles. The molecule has 0 spiro atoms. The highest BCUT2D eigenvalue weighted by Gasteiger charge is 2.15. The summed E-state index contributed by atoms with van der Waals surface area (Å²) >= 11 is 0. The van der Waals surface area contributed by atoms with Crippen molar-refractivity contribution < 1.29 is 5.11 Å². The molecule has 1 atom stereocenters. The number of hydrogen-bond acceptors (Lipinski definition) is 2. The largest absolute Gasteiger partial charge is 0.508 e. The molecule has 64 valence electrons. The molecule has 0 bridgehead atoms. The van der Waals surface area contributed by atoms with Crippen LogP contribution in [-0.2, 0) is 0 Å². The van der Waals surface area contributed by atoms with Crippen LogP contribution in [0.4, 0.5) is 0 Å². The standard InChI is InChI=1S/C10H13NO/c12-10-3-1-8(2-4-10)9-5-6-11-7-9/h1-4,9,11-12H,5-7H2/t9-/m1/s1. The Morgan fingerprint density at radius 1 is 1.25 bits per heavy atom. The van der Waals surface area contributed by atoms with Gasteiger partial charge in [0.15, 0.2) is 0 Å². The first-order valence-electron chi connectivity index (χ1n) is 4.36. The molecule has 12 heavy (non-hydrogen) atoms. The van der Waals surface area contributed by atoms with Crippen molar-refractivity contribution in [2.24, 2.45) is 0 Å². The Bertz CT molecular complexity index is 249. The first-order valence-corrected chi connectivity index (χ1v) is 4.36. The Hall–Kier alpha value is -1.02. The highest BCUT2D eigenvalue weighted by atomic mass is 16.3. The van der Waals surface area contributed by atoms with Gasteiger partial charge in [-0.25, -0.2) is 0 Å². The van der Waals surface area contributed by atoms with Crippen LogP contribution in [0.5, 0.6) is 5.75 Å². The van der Waals surface area contributed by atoms with Crippen molar-refractivity contribution in [1.29, 1.82) is 0 Å². The van der Waals surface area contributed by atoms with Crippen LogP contribution in [0.3, 0.4) is 0 Å². The van der Waals surface area contributed by atoms with Gasteiger partial charge in [-0.05, 0) is 36.6 Å². The molecule has 2 N–H and O–H groups in total. The number of benzene rings is 1. The molecule has 1 saturated heterocycles. The quantitative estimate of drug-likeness (QED) is 0.657. The molecule has 2 rings (SSSR count). The van der Waals surface area contributed by atoms with Gasteiger partial charge in [-0.3, -0.25) is 0 Å². The second-order valence-corrected chi connectivity index (χ2v) is 3.28. The average Bonchev–Trinajstić information content (AvgIpc) is 2.58. The summed E-state index contributed by atoms with van der Waals surface area (Å²) < 4.78 is 0. The molecule has 1 aliphatic heterocycles. The van der Waals surface area contributed by atoms with Crippen molar-refractivity contribution in [1.82, 2.24) is 5.32 Å². The molecule has 2 nitrogen and oxygen atoms in total. The topological polar surface area (TPSA) is 32.3 Å². The van der Waals surface area contributed by atoms with Gasteiger partial charge in [0, 0.05) is 6.54 Å². The van der Waals surface area contributed by atoms with Crippen LogP contribution >= 0.6 is 0 Å². The van der Waals surface area contributed by atoms with Gasteiger partial charge < -0.3 is 10.4 Å². The van der Waals surface area contributed by atoms with Crippen LogP contribution in [0.15, 0.2) is 24.3 Å². The maximum absolute atomic E-state index is 9.08. The normalized spacial score (nSPS) is 22.8. The van der Waals surface area contributed by atoms with E-state index < -0.39 is 0 Å². The molecule has 1 fully saturated rings. The SMILES string of the molecule is Oc1ccc([C@@H]2CCNC2)cc1. The van der Waals surface area contributed by atoms with Crippen LogP contribution in [0, 0.1) is 0 Å². The molecule has 0 amide bonds. The fourth-order valence-corrected chi connectivity index (χ4v) is 1.69. The molecule has 1 heterocycles. The molecular weight excluding hydrogens is 150 g/mol. The lowest BCUT2D eigenvalue weighted by Crippen LogP contribution is -2.07. The summed E-state index contributed by atoms with van der Waals surface area (Å²) in [5.74, 6) is 0.996. The Labute approximate surface area is 72.2 Å². The van der Waals surface area contributed by atoms with E-state index in [0.717, 1.165) is 13.1 Å². The summed E-state index contributed by atoms with van der Waals surface area (Å²) in [4.78, 5) is 0. The third-order valence-corrected chi connectivity index (χ3v) is 2.42. The molecule has 0 saturated carbocycles. The minimum Gasteiger partial charge on any atom is -0.508 e. The maximum atomic E-state index is 9.08. The van der Waals surface area contributed by atoms with Crippen molar-refractivity contribution in [2.75, 3.05) is 13.1 Å². The molecule has 0 radical (unpaired) electrons. The van der Waals surface area contributed by atoms with Crippen molar-refractivity contribution in [2.45, 2.75) is 12.3 Å². The van der Waals surface area contributed by atoms with Gasteiger partial charge in [-0.2, -0.15) is 0 Å². The number of phenolic OH excluding ortho intramolecular Hbond substituents is 1. The van der Waals surface area contributed by atoms with Gasteiger partial charge in [0.25, 0.3) is 0 Å². The molecule has 1 aromatic carbocycles. The number of aromatic hydroxyl groups is 1. The first kappa shape index (κ1) is 7.62. The predicted octanol–water partition coefficient (Wildman–Crippen LogP) is 1.47. The summed E-state index contributed by atoms with van der Waals surface area (Å²) in [7, 11) is 0. The van der Waals surface area contributed by atoms with Crippen LogP contribution in [0.25, 0.3) is 0 Å². The minimum atomic E-state index is 0.352. The Kier molecular flexibility index (Phi) is 2.00. The van der Waals surface area contributed by atoms with Gasteiger partial charge in [0.1, 0.15) is 5.75 Å². The smallest absolute Gasteiger partial charge is 0.115 e. The fraction of sp³-hybridized carbons (Fsp3) is 0.400. The number of rotatable bonds is 1. The minimum absolute atomic E-state index is 0.352. The van der Waals surface area contributed by atoms with Crippen LogP contribution in [-0.4, -0.2) is 18.2 Å². The zero-order chi connectivity index (χ0) is 8.39. The third-order valence-electron chi connectivity index (χ3n) is 2.42. The molecule has 2 heteroatoms. The monoisotopic (exact) mass is 163 g/mol. The van der Waals surface area contributed by atoms with E-state index in [1.165, 1.54) is 12.0 Å². The molecular formula is C10H13NO.